The van der Waals surface area contributed by atoms with Crippen molar-refractivity contribution < 1.29 is 9.47 Å². The van der Waals surface area contributed by atoms with Crippen LogP contribution in [0.25, 0.3) is 0 Å². The Bertz CT molecular complexity index is 1010. The summed E-state index contributed by atoms with van der Waals surface area (Å²) in [5.74, 6) is 1.45. The van der Waals surface area contributed by atoms with Gasteiger partial charge in [0.25, 0.3) is 0 Å². The summed E-state index contributed by atoms with van der Waals surface area (Å²) in [6.45, 7) is 3.95. The van der Waals surface area contributed by atoms with Gasteiger partial charge >= 0.3 is 0 Å². The molecule has 0 heterocycles. The van der Waals surface area contributed by atoms with E-state index in [2.05, 4.69) is 46.4 Å². The number of benzene rings is 3. The maximum atomic E-state index is 6.27. The Morgan fingerprint density at radius 3 is 2.60 bits per heavy atom. The van der Waals surface area contributed by atoms with Crippen LogP contribution in [0.1, 0.15) is 22.3 Å². The highest BCUT2D eigenvalue weighted by molar-refractivity contribution is 9.10. The molecule has 3 rings (SSSR count). The predicted octanol–water partition coefficient (Wildman–Crippen LogP) is 6.98. The van der Waals surface area contributed by atoms with Crippen molar-refractivity contribution in [2.45, 2.75) is 26.5 Å². The quantitative estimate of drug-likeness (QED) is 0.316. The van der Waals surface area contributed by atoms with Crippen molar-refractivity contribution >= 4 is 39.1 Å². The van der Waals surface area contributed by atoms with Crippen LogP contribution in [0.4, 0.5) is 0 Å². The molecule has 0 unspecified atom stereocenters. The van der Waals surface area contributed by atoms with Crippen LogP contribution in [-0.2, 0) is 19.6 Å². The lowest BCUT2D eigenvalue weighted by molar-refractivity contribution is 0.280. The standard InChI is InChI=1S/C24H24BrCl2NO2/c1-16-4-3-5-17(12-16)15-30-24-20(21(25)8-9-23(24)29-2)14-28-11-10-18-6-7-19(26)13-22(18)27/h3-9,12-13,28H,10-11,14-15H2,1-2H3. The van der Waals surface area contributed by atoms with Crippen molar-refractivity contribution in [1.29, 1.82) is 0 Å². The van der Waals surface area contributed by atoms with Crippen molar-refractivity contribution in [3.05, 3.63) is 91.4 Å². The van der Waals surface area contributed by atoms with E-state index in [1.807, 2.05) is 30.3 Å². The fourth-order valence-corrected chi connectivity index (χ4v) is 4.14. The van der Waals surface area contributed by atoms with Crippen molar-refractivity contribution in [3.8, 4) is 11.5 Å². The maximum absolute atomic E-state index is 6.27. The number of halogens is 3. The SMILES string of the molecule is COc1ccc(Br)c(CNCCc2ccc(Cl)cc2Cl)c1OCc1cccc(C)c1. The van der Waals surface area contributed by atoms with Gasteiger partial charge < -0.3 is 14.8 Å². The Morgan fingerprint density at radius 2 is 1.87 bits per heavy atom. The third-order valence-electron chi connectivity index (χ3n) is 4.74. The summed E-state index contributed by atoms with van der Waals surface area (Å²) in [5.41, 5.74) is 4.41. The van der Waals surface area contributed by atoms with Gasteiger partial charge in [0.05, 0.1) is 7.11 Å². The van der Waals surface area contributed by atoms with Crippen LogP contribution in [0, 0.1) is 6.92 Å². The highest BCUT2D eigenvalue weighted by Crippen LogP contribution is 2.37. The topological polar surface area (TPSA) is 30.5 Å². The highest BCUT2D eigenvalue weighted by Gasteiger charge is 2.15. The van der Waals surface area contributed by atoms with E-state index in [-0.39, 0.29) is 0 Å². The van der Waals surface area contributed by atoms with Gasteiger partial charge in [0.2, 0.25) is 0 Å². The molecule has 0 amide bonds. The smallest absolute Gasteiger partial charge is 0.167 e. The minimum absolute atomic E-state index is 0.474. The van der Waals surface area contributed by atoms with E-state index in [0.717, 1.165) is 39.9 Å². The molecular weight excluding hydrogens is 485 g/mol. The molecule has 0 saturated carbocycles. The summed E-state index contributed by atoms with van der Waals surface area (Å²) < 4.78 is 12.7. The lowest BCUT2D eigenvalue weighted by atomic mass is 10.1. The van der Waals surface area contributed by atoms with Gasteiger partial charge in [0.1, 0.15) is 6.61 Å². The van der Waals surface area contributed by atoms with Crippen LogP contribution in [-0.4, -0.2) is 13.7 Å². The van der Waals surface area contributed by atoms with Gasteiger partial charge in [-0.3, -0.25) is 0 Å². The molecule has 158 valence electrons. The monoisotopic (exact) mass is 507 g/mol. The van der Waals surface area contributed by atoms with E-state index in [4.69, 9.17) is 32.7 Å². The molecule has 3 aromatic carbocycles. The largest absolute Gasteiger partial charge is 0.493 e. The van der Waals surface area contributed by atoms with E-state index >= 15 is 0 Å². The van der Waals surface area contributed by atoms with Gasteiger partial charge in [-0.25, -0.2) is 0 Å². The highest BCUT2D eigenvalue weighted by atomic mass is 79.9. The number of nitrogens with one attached hydrogen (secondary N) is 1. The summed E-state index contributed by atoms with van der Waals surface area (Å²) in [5, 5.41) is 4.81. The van der Waals surface area contributed by atoms with Gasteiger partial charge in [-0.1, -0.05) is 75.0 Å². The Morgan fingerprint density at radius 1 is 1.03 bits per heavy atom. The zero-order valence-corrected chi connectivity index (χ0v) is 20.1. The molecule has 3 nitrogen and oxygen atoms in total. The molecule has 3 aromatic rings. The molecule has 0 atom stereocenters. The molecule has 30 heavy (non-hydrogen) atoms. The van der Waals surface area contributed by atoms with E-state index in [1.54, 1.807) is 13.2 Å². The van der Waals surface area contributed by atoms with Crippen LogP contribution < -0.4 is 14.8 Å². The number of hydrogen-bond acceptors (Lipinski definition) is 3. The first kappa shape index (κ1) is 23.0. The normalized spacial score (nSPS) is 10.8. The van der Waals surface area contributed by atoms with Crippen LogP contribution in [0.5, 0.6) is 11.5 Å². The third-order valence-corrected chi connectivity index (χ3v) is 6.07. The maximum Gasteiger partial charge on any atom is 0.167 e. The molecule has 6 heteroatoms. The van der Waals surface area contributed by atoms with Gasteiger partial charge in [-0.2, -0.15) is 0 Å². The molecule has 0 spiro atoms. The second-order valence-electron chi connectivity index (χ2n) is 7.00. The van der Waals surface area contributed by atoms with Gasteiger partial charge in [-0.05, 0) is 55.3 Å². The molecule has 0 bridgehead atoms. The van der Waals surface area contributed by atoms with Crippen molar-refractivity contribution in [1.82, 2.24) is 5.32 Å². The number of hydrogen-bond donors (Lipinski definition) is 1. The Hall–Kier alpha value is -1.72. The fourth-order valence-electron chi connectivity index (χ4n) is 3.18. The van der Waals surface area contributed by atoms with E-state index in [1.165, 1.54) is 5.56 Å². The third kappa shape index (κ3) is 6.14. The fraction of sp³-hybridized carbons (Fsp3) is 0.250. The lowest BCUT2D eigenvalue weighted by Crippen LogP contribution is -2.18. The zero-order valence-electron chi connectivity index (χ0n) is 17.0. The summed E-state index contributed by atoms with van der Waals surface area (Å²) in [6, 6.07) is 17.8. The van der Waals surface area contributed by atoms with Gasteiger partial charge in [0.15, 0.2) is 11.5 Å². The average Bonchev–Trinajstić information content (AvgIpc) is 2.72. The Balaban J connectivity index is 1.68. The minimum atomic E-state index is 0.474. The van der Waals surface area contributed by atoms with E-state index in [9.17, 15) is 0 Å². The molecule has 0 radical (unpaired) electrons. The number of methoxy groups -OCH3 is 1. The van der Waals surface area contributed by atoms with Gasteiger partial charge in [0, 0.05) is 26.6 Å². The molecule has 0 aliphatic heterocycles. The summed E-state index contributed by atoms with van der Waals surface area (Å²) in [6.07, 6.45) is 0.803. The molecule has 0 aliphatic carbocycles. The first-order valence-corrected chi connectivity index (χ1v) is 11.2. The Kier molecular flexibility index (Phi) is 8.46. The van der Waals surface area contributed by atoms with Crippen LogP contribution >= 0.6 is 39.1 Å². The average molecular weight is 509 g/mol. The Labute approximate surface area is 196 Å². The molecular formula is C24H24BrCl2NO2. The first-order valence-electron chi connectivity index (χ1n) is 9.66. The molecule has 0 aromatic heterocycles. The van der Waals surface area contributed by atoms with Crippen molar-refractivity contribution in [3.63, 3.8) is 0 Å². The second kappa shape index (κ2) is 11.1. The van der Waals surface area contributed by atoms with Crippen LogP contribution in [0.2, 0.25) is 10.0 Å². The zero-order chi connectivity index (χ0) is 21.5. The minimum Gasteiger partial charge on any atom is -0.493 e. The van der Waals surface area contributed by atoms with Crippen LogP contribution in [0.3, 0.4) is 0 Å². The van der Waals surface area contributed by atoms with Crippen molar-refractivity contribution in [2.24, 2.45) is 0 Å². The molecule has 0 saturated heterocycles. The summed E-state index contributed by atoms with van der Waals surface area (Å²) in [4.78, 5) is 0. The molecule has 1 N–H and O–H groups in total. The van der Waals surface area contributed by atoms with E-state index < -0.39 is 0 Å². The van der Waals surface area contributed by atoms with Crippen molar-refractivity contribution in [2.75, 3.05) is 13.7 Å². The predicted molar refractivity (Wildman–Crippen MR) is 128 cm³/mol. The first-order chi connectivity index (χ1) is 14.5. The lowest BCUT2D eigenvalue weighted by Gasteiger charge is -2.17. The number of ether oxygens (including phenoxy) is 2. The molecule has 0 aliphatic rings. The summed E-state index contributed by atoms with van der Waals surface area (Å²) in [7, 11) is 1.66. The second-order valence-corrected chi connectivity index (χ2v) is 8.70. The van der Waals surface area contributed by atoms with Crippen LogP contribution in [0.15, 0.2) is 59.1 Å². The van der Waals surface area contributed by atoms with E-state index in [0.29, 0.717) is 28.9 Å². The number of rotatable bonds is 9. The summed E-state index contributed by atoms with van der Waals surface area (Å²) >= 11 is 15.9. The van der Waals surface area contributed by atoms with Gasteiger partial charge in [-0.15, -0.1) is 0 Å². The number of aryl methyl sites for hydroxylation is 1. The molecule has 0 fully saturated rings.